The molecule has 0 unspecified atom stereocenters. The van der Waals surface area contributed by atoms with Gasteiger partial charge in [-0.2, -0.15) is 0 Å². The quantitative estimate of drug-likeness (QED) is 0.668. The summed E-state index contributed by atoms with van der Waals surface area (Å²) in [6.07, 6.45) is 1.00. The molecule has 0 atom stereocenters. The first kappa shape index (κ1) is 13.9. The molecule has 0 saturated carbocycles. The molecule has 0 spiro atoms. The van der Waals surface area contributed by atoms with E-state index in [-0.39, 0.29) is 6.54 Å². The first-order chi connectivity index (χ1) is 7.61. The molecule has 0 fully saturated rings. The Kier molecular flexibility index (Phi) is 3.79. The van der Waals surface area contributed by atoms with Gasteiger partial charge >= 0.3 is 13.1 Å². The van der Waals surface area contributed by atoms with E-state index in [0.717, 1.165) is 6.08 Å². The molecule has 3 nitrogen and oxygen atoms in total. The number of halogens is 3. The van der Waals surface area contributed by atoms with Gasteiger partial charge in [0.05, 0.1) is 0 Å². The lowest BCUT2D eigenvalue weighted by Gasteiger charge is -2.36. The van der Waals surface area contributed by atoms with Gasteiger partial charge in [-0.1, -0.05) is 6.08 Å². The van der Waals surface area contributed by atoms with E-state index in [2.05, 4.69) is 0 Å². The highest BCUT2D eigenvalue weighted by Crippen LogP contribution is 2.28. The largest absolute Gasteiger partial charge is 0.525 e. The zero-order valence-corrected chi connectivity index (χ0v) is 10.2. The predicted molar refractivity (Wildman–Crippen MR) is 59.3 cm³/mol. The Morgan fingerprint density at radius 1 is 1.41 bits per heavy atom. The van der Waals surface area contributed by atoms with Gasteiger partial charge in [-0.15, -0.1) is 0 Å². The number of ether oxygens (including phenoxy) is 1. The lowest BCUT2D eigenvalue weighted by molar-refractivity contribution is 0.0307. The molecule has 0 radical (unpaired) electrons. The van der Waals surface area contributed by atoms with Gasteiger partial charge in [-0.25, -0.2) is 4.79 Å². The summed E-state index contributed by atoms with van der Waals surface area (Å²) in [5, 5.41) is 0. The van der Waals surface area contributed by atoms with Crippen molar-refractivity contribution in [3.8, 4) is 0 Å². The Bertz CT molecular complexity index is 333. The normalized spacial score (nSPS) is 17.8. The first-order valence-corrected chi connectivity index (χ1v) is 5.52. The van der Waals surface area contributed by atoms with E-state index in [4.69, 9.17) is 4.74 Å². The molecule has 0 saturated heterocycles. The molecule has 1 aliphatic rings. The van der Waals surface area contributed by atoms with E-state index in [1.807, 2.05) is 0 Å². The summed E-state index contributed by atoms with van der Waals surface area (Å²) in [6.45, 7) is -0.248. The Morgan fingerprint density at radius 2 is 2.00 bits per heavy atom. The van der Waals surface area contributed by atoms with E-state index in [0.29, 0.717) is 17.7 Å². The van der Waals surface area contributed by atoms with Crippen LogP contribution in [0.5, 0.6) is 0 Å². The molecule has 1 rings (SSSR count). The molecule has 0 aromatic rings. The van der Waals surface area contributed by atoms with E-state index in [1.54, 1.807) is 20.8 Å². The van der Waals surface area contributed by atoms with Crippen molar-refractivity contribution in [1.29, 1.82) is 0 Å². The topological polar surface area (TPSA) is 29.5 Å². The summed E-state index contributed by atoms with van der Waals surface area (Å²) in [5.41, 5.74) is -1.65. The minimum absolute atomic E-state index is 0.0575. The summed E-state index contributed by atoms with van der Waals surface area (Å²) in [5.74, 6) is 0. The number of rotatable bonds is 1. The third kappa shape index (κ3) is 3.98. The zero-order chi connectivity index (χ0) is 13.3. The number of carbonyl (C=O) groups is 1. The van der Waals surface area contributed by atoms with Crippen LogP contribution in [0.2, 0.25) is 0 Å². The van der Waals surface area contributed by atoms with Crippen LogP contribution in [0.4, 0.5) is 17.7 Å². The number of nitrogens with zero attached hydrogens (tertiary/aromatic N) is 1. The molecule has 98 valence electrons. The van der Waals surface area contributed by atoms with Crippen molar-refractivity contribution in [1.82, 2.24) is 4.90 Å². The van der Waals surface area contributed by atoms with E-state index in [1.165, 1.54) is 0 Å². The van der Waals surface area contributed by atoms with Crippen molar-refractivity contribution < 1.29 is 22.5 Å². The fourth-order valence-corrected chi connectivity index (χ4v) is 1.56. The van der Waals surface area contributed by atoms with Crippen LogP contribution < -0.4 is 0 Å². The SMILES string of the molecule is CC(C)(C)OC(=O)N1CCCC=C1[B-](F)(F)F. The van der Waals surface area contributed by atoms with Gasteiger partial charge in [0.25, 0.3) is 0 Å². The van der Waals surface area contributed by atoms with Gasteiger partial charge in [0.15, 0.2) is 0 Å². The molecule has 0 aromatic carbocycles. The fraction of sp³-hybridized carbons (Fsp3) is 0.700. The smallest absolute Gasteiger partial charge is 0.444 e. The van der Waals surface area contributed by atoms with Gasteiger partial charge in [0.1, 0.15) is 5.60 Å². The van der Waals surface area contributed by atoms with Gasteiger partial charge in [-0.05, 0) is 39.2 Å². The van der Waals surface area contributed by atoms with Crippen LogP contribution in [0.1, 0.15) is 33.6 Å². The second-order valence-electron chi connectivity index (χ2n) is 4.98. The van der Waals surface area contributed by atoms with Crippen LogP contribution in [0, 0.1) is 0 Å². The summed E-state index contributed by atoms with van der Waals surface area (Å²) < 4.78 is 43.1. The van der Waals surface area contributed by atoms with Crippen LogP contribution in [0.25, 0.3) is 0 Å². The minimum atomic E-state index is -5.17. The maximum absolute atomic E-state index is 12.7. The minimum Gasteiger partial charge on any atom is -0.444 e. The lowest BCUT2D eigenvalue weighted by atomic mass is 9.82. The summed E-state index contributed by atoms with van der Waals surface area (Å²) in [4.78, 5) is 12.3. The van der Waals surface area contributed by atoms with E-state index >= 15 is 0 Å². The second kappa shape index (κ2) is 4.62. The third-order valence-electron chi connectivity index (χ3n) is 2.20. The average Bonchev–Trinajstić information content (AvgIpc) is 2.13. The van der Waals surface area contributed by atoms with Gasteiger partial charge in [0, 0.05) is 6.54 Å². The molecule has 0 N–H and O–H groups in total. The van der Waals surface area contributed by atoms with Crippen molar-refractivity contribution in [2.45, 2.75) is 39.2 Å². The van der Waals surface area contributed by atoms with Crippen molar-refractivity contribution in [2.24, 2.45) is 0 Å². The van der Waals surface area contributed by atoms with Crippen molar-refractivity contribution in [3.63, 3.8) is 0 Å². The molecule has 7 heteroatoms. The Labute approximate surface area is 98.7 Å². The van der Waals surface area contributed by atoms with Crippen LogP contribution in [-0.4, -0.2) is 30.1 Å². The van der Waals surface area contributed by atoms with Crippen LogP contribution >= 0.6 is 0 Å². The van der Waals surface area contributed by atoms with Gasteiger partial charge in [-0.3, -0.25) is 0 Å². The van der Waals surface area contributed by atoms with Crippen LogP contribution in [0.15, 0.2) is 11.7 Å². The highest BCUT2D eigenvalue weighted by molar-refractivity contribution is 6.66. The molecular formula is C10H16BF3NO2-. The van der Waals surface area contributed by atoms with E-state index in [9.17, 15) is 17.7 Å². The van der Waals surface area contributed by atoms with Crippen molar-refractivity contribution >= 4 is 13.1 Å². The average molecular weight is 250 g/mol. The summed E-state index contributed by atoms with van der Waals surface area (Å²) >= 11 is 0. The molecule has 1 amide bonds. The van der Waals surface area contributed by atoms with Gasteiger partial charge in [0.2, 0.25) is 0 Å². The van der Waals surface area contributed by atoms with Crippen LogP contribution in [-0.2, 0) is 4.74 Å². The third-order valence-corrected chi connectivity index (χ3v) is 2.20. The Hall–Kier alpha value is -1.14. The maximum atomic E-state index is 12.7. The standard InChI is InChI=1S/C10H16BF3NO2/c1-10(2,3)17-9(16)15-7-5-4-6-8(15)11(12,13)14/h6H,4-5,7H2,1-3H3/q-1. The number of carbonyl (C=O) groups excluding carboxylic acids is 1. The van der Waals surface area contributed by atoms with E-state index < -0.39 is 24.3 Å². The molecule has 0 bridgehead atoms. The number of amides is 1. The van der Waals surface area contributed by atoms with Gasteiger partial charge < -0.3 is 22.6 Å². The predicted octanol–water partition coefficient (Wildman–Crippen LogP) is 3.29. The number of allylic oxidation sites excluding steroid dienone is 1. The molecular weight excluding hydrogens is 234 g/mol. The number of hydrogen-bond acceptors (Lipinski definition) is 2. The highest BCUT2D eigenvalue weighted by atomic mass is 19.4. The zero-order valence-electron chi connectivity index (χ0n) is 10.2. The summed E-state index contributed by atoms with van der Waals surface area (Å²) in [6, 6.07) is 0. The molecule has 1 heterocycles. The van der Waals surface area contributed by atoms with Crippen molar-refractivity contribution in [2.75, 3.05) is 6.54 Å². The second-order valence-corrected chi connectivity index (χ2v) is 4.98. The molecule has 0 aliphatic carbocycles. The molecule has 1 aliphatic heterocycles. The fourth-order valence-electron chi connectivity index (χ4n) is 1.56. The lowest BCUT2D eigenvalue weighted by Crippen LogP contribution is -2.44. The Morgan fingerprint density at radius 3 is 2.47 bits per heavy atom. The maximum Gasteiger partial charge on any atom is 0.525 e. The number of hydrogen-bond donors (Lipinski definition) is 0. The summed E-state index contributed by atoms with van der Waals surface area (Å²) in [7, 11) is 0. The molecule has 0 aromatic heterocycles. The van der Waals surface area contributed by atoms with Crippen molar-refractivity contribution in [3.05, 3.63) is 11.7 Å². The first-order valence-electron chi connectivity index (χ1n) is 5.52. The van der Waals surface area contributed by atoms with Crippen LogP contribution in [0.3, 0.4) is 0 Å². The molecule has 17 heavy (non-hydrogen) atoms. The monoisotopic (exact) mass is 250 g/mol. The highest BCUT2D eigenvalue weighted by Gasteiger charge is 2.37. The Balaban J connectivity index is 2.85.